The zero-order valence-electron chi connectivity index (χ0n) is 16.8. The maximum absolute atomic E-state index is 12.9. The minimum absolute atomic E-state index is 0.0270. The molecule has 30 heavy (non-hydrogen) atoms. The second kappa shape index (κ2) is 8.23. The number of benzene rings is 2. The zero-order chi connectivity index (χ0) is 21.1. The predicted octanol–water partition coefficient (Wildman–Crippen LogP) is 2.53. The highest BCUT2D eigenvalue weighted by atomic mass is 16.6. The number of amides is 2. The van der Waals surface area contributed by atoms with E-state index in [-0.39, 0.29) is 19.8 Å². The number of methoxy groups -OCH3 is 1. The van der Waals surface area contributed by atoms with Crippen molar-refractivity contribution in [3.63, 3.8) is 0 Å². The molecule has 0 aromatic heterocycles. The maximum atomic E-state index is 12.9. The molecule has 2 bridgehead atoms. The number of para-hydroxylation sites is 1. The molecule has 4 rings (SSSR count). The van der Waals surface area contributed by atoms with Crippen LogP contribution in [0.3, 0.4) is 0 Å². The lowest BCUT2D eigenvalue weighted by molar-refractivity contribution is -0.172. The monoisotopic (exact) mass is 412 g/mol. The molecule has 2 aromatic rings. The molecule has 0 spiro atoms. The number of hydrogen-bond donors (Lipinski definition) is 2. The van der Waals surface area contributed by atoms with Crippen LogP contribution in [0.15, 0.2) is 48.5 Å². The van der Waals surface area contributed by atoms with Crippen molar-refractivity contribution in [3.8, 4) is 11.5 Å². The molecule has 1 fully saturated rings. The van der Waals surface area contributed by atoms with Gasteiger partial charge in [0, 0.05) is 5.56 Å². The highest BCUT2D eigenvalue weighted by Gasteiger charge is 2.59. The Balaban J connectivity index is 1.60. The van der Waals surface area contributed by atoms with E-state index in [0.29, 0.717) is 5.75 Å². The minimum Gasteiger partial charge on any atom is -0.497 e. The van der Waals surface area contributed by atoms with Gasteiger partial charge in [-0.15, -0.1) is 0 Å². The highest BCUT2D eigenvalue weighted by Crippen LogP contribution is 2.45. The van der Waals surface area contributed by atoms with Crippen molar-refractivity contribution in [1.82, 2.24) is 10.6 Å². The first-order chi connectivity index (χ1) is 14.6. The lowest BCUT2D eigenvalue weighted by Crippen LogP contribution is -2.73. The number of hydrogen-bond acceptors (Lipinski definition) is 6. The van der Waals surface area contributed by atoms with Crippen LogP contribution in [-0.2, 0) is 20.9 Å². The van der Waals surface area contributed by atoms with Crippen LogP contribution in [0.1, 0.15) is 24.1 Å². The van der Waals surface area contributed by atoms with Gasteiger partial charge in [0.1, 0.15) is 24.0 Å². The van der Waals surface area contributed by atoms with E-state index in [9.17, 15) is 9.59 Å². The Kier molecular flexibility index (Phi) is 5.50. The SMILES string of the molecule is CCOC(=O)[C@@H]1[C@@H]2NC(=O)N[C@@]1(COCc1ccc(OC)cc1)Oc1ccccc12. The van der Waals surface area contributed by atoms with Crippen LogP contribution in [0.25, 0.3) is 0 Å². The van der Waals surface area contributed by atoms with Gasteiger partial charge in [-0.3, -0.25) is 10.1 Å². The van der Waals surface area contributed by atoms with Crippen molar-refractivity contribution >= 4 is 12.0 Å². The van der Waals surface area contributed by atoms with Crippen LogP contribution in [0.5, 0.6) is 11.5 Å². The van der Waals surface area contributed by atoms with Gasteiger partial charge in [-0.05, 0) is 30.7 Å². The molecule has 0 saturated carbocycles. The Morgan fingerprint density at radius 2 is 1.93 bits per heavy atom. The molecule has 2 N–H and O–H groups in total. The summed E-state index contributed by atoms with van der Waals surface area (Å²) in [5.41, 5.74) is 0.282. The third-order valence-electron chi connectivity index (χ3n) is 5.28. The van der Waals surface area contributed by atoms with Crippen LogP contribution >= 0.6 is 0 Å². The topological polar surface area (TPSA) is 95.1 Å². The molecular formula is C22H24N2O6. The molecule has 2 aliphatic heterocycles. The number of nitrogens with one attached hydrogen (secondary N) is 2. The van der Waals surface area contributed by atoms with E-state index in [0.717, 1.165) is 16.9 Å². The highest BCUT2D eigenvalue weighted by molar-refractivity contribution is 5.84. The van der Waals surface area contributed by atoms with Crippen molar-refractivity contribution in [3.05, 3.63) is 59.7 Å². The van der Waals surface area contributed by atoms with E-state index in [2.05, 4.69) is 10.6 Å². The summed E-state index contributed by atoms with van der Waals surface area (Å²) in [6.07, 6.45) is 0. The Morgan fingerprint density at radius 1 is 1.17 bits per heavy atom. The molecule has 8 nitrogen and oxygen atoms in total. The molecule has 1 saturated heterocycles. The largest absolute Gasteiger partial charge is 0.497 e. The number of urea groups is 1. The predicted molar refractivity (Wildman–Crippen MR) is 107 cm³/mol. The van der Waals surface area contributed by atoms with Crippen molar-refractivity contribution in [2.45, 2.75) is 25.3 Å². The quantitative estimate of drug-likeness (QED) is 0.679. The Morgan fingerprint density at radius 3 is 2.67 bits per heavy atom. The van der Waals surface area contributed by atoms with E-state index < -0.39 is 29.7 Å². The van der Waals surface area contributed by atoms with Gasteiger partial charge < -0.3 is 24.3 Å². The van der Waals surface area contributed by atoms with Crippen molar-refractivity contribution in [1.29, 1.82) is 0 Å². The van der Waals surface area contributed by atoms with E-state index in [1.807, 2.05) is 42.5 Å². The van der Waals surface area contributed by atoms with Crippen molar-refractivity contribution < 1.29 is 28.5 Å². The third kappa shape index (κ3) is 3.66. The first-order valence-corrected chi connectivity index (χ1v) is 9.80. The first kappa shape index (κ1) is 20.0. The molecular weight excluding hydrogens is 388 g/mol. The molecule has 2 aromatic carbocycles. The molecule has 2 aliphatic rings. The standard InChI is InChI=1S/C22H24N2O6/c1-3-29-20(25)18-19-16-6-4-5-7-17(16)30-22(18,24-21(26)23-19)13-28-12-14-8-10-15(27-2)11-9-14/h4-11,18-19H,3,12-13H2,1-2H3,(H2,23,24,26)/t18-,19+,22-/m0/s1. The normalized spacial score (nSPS) is 24.0. The number of rotatable bonds is 7. The van der Waals surface area contributed by atoms with Gasteiger partial charge in [-0.1, -0.05) is 30.3 Å². The number of fused-ring (bicyclic) bond motifs is 4. The minimum atomic E-state index is -1.37. The fourth-order valence-electron chi connectivity index (χ4n) is 3.93. The van der Waals surface area contributed by atoms with Gasteiger partial charge in [0.05, 0.1) is 26.4 Å². The van der Waals surface area contributed by atoms with Crippen LogP contribution in [0, 0.1) is 5.92 Å². The van der Waals surface area contributed by atoms with Gasteiger partial charge >= 0.3 is 12.0 Å². The van der Waals surface area contributed by atoms with Gasteiger partial charge in [0.25, 0.3) is 0 Å². The summed E-state index contributed by atoms with van der Waals surface area (Å²) in [6, 6.07) is 13.8. The zero-order valence-corrected chi connectivity index (χ0v) is 16.8. The Hall–Kier alpha value is -3.26. The Labute approximate surface area is 174 Å². The van der Waals surface area contributed by atoms with Crippen molar-refractivity contribution in [2.24, 2.45) is 5.92 Å². The summed E-state index contributed by atoms with van der Waals surface area (Å²) in [6.45, 7) is 2.21. The summed E-state index contributed by atoms with van der Waals surface area (Å²) >= 11 is 0. The van der Waals surface area contributed by atoms with Gasteiger partial charge in [0.2, 0.25) is 5.72 Å². The summed E-state index contributed by atoms with van der Waals surface area (Å²) in [4.78, 5) is 25.3. The lowest BCUT2D eigenvalue weighted by Gasteiger charge is -2.50. The van der Waals surface area contributed by atoms with Crippen molar-refractivity contribution in [2.75, 3.05) is 20.3 Å². The number of carbonyl (C=O) groups excluding carboxylic acids is 2. The smallest absolute Gasteiger partial charge is 0.318 e. The molecule has 158 valence electrons. The lowest BCUT2D eigenvalue weighted by atomic mass is 9.80. The molecule has 2 heterocycles. The fraction of sp³-hybridized carbons (Fsp3) is 0.364. The van der Waals surface area contributed by atoms with Crippen LogP contribution < -0.4 is 20.1 Å². The molecule has 0 aliphatic carbocycles. The summed E-state index contributed by atoms with van der Waals surface area (Å²) < 4.78 is 22.6. The summed E-state index contributed by atoms with van der Waals surface area (Å²) in [5, 5.41) is 5.62. The summed E-state index contributed by atoms with van der Waals surface area (Å²) in [5.74, 6) is 0.0717. The molecule has 2 amide bonds. The van der Waals surface area contributed by atoms with E-state index in [1.54, 1.807) is 20.1 Å². The van der Waals surface area contributed by atoms with E-state index in [1.165, 1.54) is 0 Å². The third-order valence-corrected chi connectivity index (χ3v) is 5.28. The van der Waals surface area contributed by atoms with Gasteiger partial charge in [-0.25, -0.2) is 4.79 Å². The Bertz CT molecular complexity index is 931. The number of carbonyl (C=O) groups is 2. The molecule has 3 atom stereocenters. The first-order valence-electron chi connectivity index (χ1n) is 9.80. The van der Waals surface area contributed by atoms with E-state index in [4.69, 9.17) is 18.9 Å². The molecule has 0 unspecified atom stereocenters. The van der Waals surface area contributed by atoms with Crippen LogP contribution in [-0.4, -0.2) is 38.0 Å². The number of esters is 1. The summed E-state index contributed by atoms with van der Waals surface area (Å²) in [7, 11) is 1.61. The van der Waals surface area contributed by atoms with Gasteiger partial charge in [-0.2, -0.15) is 0 Å². The molecule has 0 radical (unpaired) electrons. The van der Waals surface area contributed by atoms with Crippen LogP contribution in [0.4, 0.5) is 4.79 Å². The van der Waals surface area contributed by atoms with E-state index >= 15 is 0 Å². The second-order valence-corrected chi connectivity index (χ2v) is 7.18. The fourth-order valence-corrected chi connectivity index (χ4v) is 3.93. The average molecular weight is 412 g/mol. The molecule has 8 heteroatoms. The number of ether oxygens (including phenoxy) is 4. The van der Waals surface area contributed by atoms with Gasteiger partial charge in [0.15, 0.2) is 0 Å². The second-order valence-electron chi connectivity index (χ2n) is 7.18. The maximum Gasteiger partial charge on any atom is 0.318 e. The average Bonchev–Trinajstić information content (AvgIpc) is 2.74. The van der Waals surface area contributed by atoms with Crippen LogP contribution in [0.2, 0.25) is 0 Å².